The summed E-state index contributed by atoms with van der Waals surface area (Å²) in [5.41, 5.74) is 2.04. The van der Waals surface area contributed by atoms with Gasteiger partial charge < -0.3 is 19.0 Å². The molecule has 2 aliphatic rings. The maximum absolute atomic E-state index is 13.3. The first-order valence-electron chi connectivity index (χ1n) is 10.4. The number of fused-ring (bicyclic) bond motifs is 1. The average Bonchev–Trinajstić information content (AvgIpc) is 3.52. The van der Waals surface area contributed by atoms with Crippen molar-refractivity contribution in [2.24, 2.45) is 0 Å². The van der Waals surface area contributed by atoms with Crippen LogP contribution < -0.4 is 0 Å². The second-order valence-corrected chi connectivity index (χ2v) is 10.0. The van der Waals surface area contributed by atoms with E-state index in [0.717, 1.165) is 23.3 Å². The van der Waals surface area contributed by atoms with Crippen molar-refractivity contribution in [1.82, 2.24) is 29.3 Å². The molecule has 164 valence electrons. The molecule has 0 bridgehead atoms. The molecule has 5 rings (SSSR count). The average molecular weight is 445 g/mol. The zero-order valence-corrected chi connectivity index (χ0v) is 18.2. The number of amides is 1. The first kappa shape index (κ1) is 20.3. The molecule has 10 nitrogen and oxygen atoms in total. The number of pyridine rings is 1. The van der Waals surface area contributed by atoms with Gasteiger partial charge in [-0.15, -0.1) is 4.31 Å². The number of carbonyl (C=O) groups excluding carboxylic acids is 1. The number of imidazole rings is 1. The Morgan fingerprint density at radius 1 is 1.32 bits per heavy atom. The number of sulfonamides is 1. The molecule has 5 heterocycles. The number of hydrogen-bond acceptors (Lipinski definition) is 7. The Hall–Kier alpha value is -2.63. The van der Waals surface area contributed by atoms with E-state index < -0.39 is 16.4 Å². The summed E-state index contributed by atoms with van der Waals surface area (Å²) >= 11 is 0. The van der Waals surface area contributed by atoms with Gasteiger partial charge in [-0.05, 0) is 32.3 Å². The lowest BCUT2D eigenvalue weighted by Crippen LogP contribution is -2.49. The van der Waals surface area contributed by atoms with E-state index in [1.807, 2.05) is 6.07 Å². The fourth-order valence-electron chi connectivity index (χ4n) is 4.70. The summed E-state index contributed by atoms with van der Waals surface area (Å²) in [5, 5.41) is 3.77. The molecule has 0 radical (unpaired) electrons. The monoisotopic (exact) mass is 444 g/mol. The van der Waals surface area contributed by atoms with Gasteiger partial charge in [-0.3, -0.25) is 9.78 Å². The van der Waals surface area contributed by atoms with Crippen LogP contribution in [0, 0.1) is 13.8 Å². The summed E-state index contributed by atoms with van der Waals surface area (Å²) in [6.45, 7) is 4.59. The number of aromatic nitrogens is 4. The number of carbonyl (C=O) groups is 1. The zero-order valence-electron chi connectivity index (χ0n) is 17.4. The molecule has 2 saturated heterocycles. The van der Waals surface area contributed by atoms with Crippen LogP contribution in [-0.2, 0) is 19.4 Å². The van der Waals surface area contributed by atoms with Crippen LogP contribution in [0.5, 0.6) is 0 Å². The van der Waals surface area contributed by atoms with Gasteiger partial charge >= 0.3 is 0 Å². The fourth-order valence-corrected chi connectivity index (χ4v) is 6.64. The molecule has 3 aromatic heterocycles. The molecule has 3 unspecified atom stereocenters. The van der Waals surface area contributed by atoms with Crippen molar-refractivity contribution >= 4 is 27.3 Å². The number of rotatable bonds is 4. The molecule has 3 aromatic rings. The predicted molar refractivity (Wildman–Crippen MR) is 111 cm³/mol. The fraction of sp³-hybridized carbons (Fsp3) is 0.500. The lowest BCUT2D eigenvalue weighted by atomic mass is 10.1. The second-order valence-electron chi connectivity index (χ2n) is 8.21. The Balaban J connectivity index is 1.34. The van der Waals surface area contributed by atoms with Crippen LogP contribution in [0.3, 0.4) is 0 Å². The third kappa shape index (κ3) is 3.36. The number of hydrogen-bond donors (Lipinski definition) is 1. The summed E-state index contributed by atoms with van der Waals surface area (Å²) in [6.07, 6.45) is 5.37. The molecular weight excluding hydrogens is 420 g/mol. The summed E-state index contributed by atoms with van der Waals surface area (Å²) in [7, 11) is -3.86. The van der Waals surface area contributed by atoms with Gasteiger partial charge in [0, 0.05) is 38.7 Å². The molecule has 0 spiro atoms. The highest BCUT2D eigenvalue weighted by atomic mass is 32.3. The summed E-state index contributed by atoms with van der Waals surface area (Å²) in [4.78, 5) is 27.2. The van der Waals surface area contributed by atoms with Crippen molar-refractivity contribution in [2.45, 2.75) is 50.0 Å². The molecule has 0 aromatic carbocycles. The van der Waals surface area contributed by atoms with Crippen LogP contribution in [0.1, 0.15) is 42.5 Å². The molecule has 31 heavy (non-hydrogen) atoms. The van der Waals surface area contributed by atoms with E-state index in [-0.39, 0.29) is 22.5 Å². The Bertz CT molecular complexity index is 1140. The molecule has 2 fully saturated rings. The summed E-state index contributed by atoms with van der Waals surface area (Å²) in [6, 6.07) is 1.15. The number of H-pyrrole nitrogens is 1. The van der Waals surface area contributed by atoms with E-state index in [1.165, 1.54) is 4.31 Å². The smallest absolute Gasteiger partial charge is 0.244 e. The quantitative estimate of drug-likeness (QED) is 0.608. The van der Waals surface area contributed by atoms with Gasteiger partial charge in [0.2, 0.25) is 10.8 Å². The van der Waals surface area contributed by atoms with E-state index in [9.17, 15) is 13.6 Å². The zero-order chi connectivity index (χ0) is 21.8. The minimum absolute atomic E-state index is 0.0717. The van der Waals surface area contributed by atoms with Crippen LogP contribution in [-0.4, -0.2) is 65.4 Å². The van der Waals surface area contributed by atoms with E-state index in [1.54, 1.807) is 31.1 Å². The van der Waals surface area contributed by atoms with Gasteiger partial charge in [0.15, 0.2) is 16.2 Å². The number of aromatic amines is 1. The Labute approximate surface area is 180 Å². The molecule has 0 saturated carbocycles. The van der Waals surface area contributed by atoms with Crippen molar-refractivity contribution < 1.29 is 18.1 Å². The number of likely N-dealkylation sites (tertiary alicyclic amines) is 1. The van der Waals surface area contributed by atoms with Crippen molar-refractivity contribution in [3.63, 3.8) is 0 Å². The number of nitrogens with one attached hydrogen (secondary N) is 1. The van der Waals surface area contributed by atoms with Gasteiger partial charge in [0.05, 0.1) is 17.2 Å². The van der Waals surface area contributed by atoms with Crippen molar-refractivity contribution in [2.75, 3.05) is 19.6 Å². The Morgan fingerprint density at radius 3 is 2.90 bits per heavy atom. The maximum atomic E-state index is 13.3. The predicted octanol–water partition coefficient (Wildman–Crippen LogP) is 1.95. The molecule has 11 heteroatoms. The van der Waals surface area contributed by atoms with Crippen LogP contribution in [0.25, 0.3) is 11.0 Å². The lowest BCUT2D eigenvalue weighted by molar-refractivity contribution is -0.133. The van der Waals surface area contributed by atoms with E-state index in [4.69, 9.17) is 4.52 Å². The highest BCUT2D eigenvalue weighted by Crippen LogP contribution is 2.35. The van der Waals surface area contributed by atoms with Gasteiger partial charge in [0.25, 0.3) is 0 Å². The topological polar surface area (TPSA) is 131 Å². The number of nitrogens with zero attached hydrogens (tertiary/aromatic N) is 5. The first-order chi connectivity index (χ1) is 14.9. The molecule has 1 N–H and O–H groups in total. The Morgan fingerprint density at radius 2 is 2.16 bits per heavy atom. The minimum atomic E-state index is -3.86. The maximum Gasteiger partial charge on any atom is 0.244 e. The van der Waals surface area contributed by atoms with Gasteiger partial charge in [-0.25, -0.2) is 4.98 Å². The summed E-state index contributed by atoms with van der Waals surface area (Å²) in [5.74, 6) is 1.03. The van der Waals surface area contributed by atoms with E-state index >= 15 is 0 Å². The van der Waals surface area contributed by atoms with Crippen molar-refractivity contribution in [3.8, 4) is 0 Å². The highest BCUT2D eigenvalue weighted by molar-refractivity contribution is 7.95. The normalized spacial score (nSPS) is 24.2. The van der Waals surface area contributed by atoms with Gasteiger partial charge in [-0.2, -0.15) is 0 Å². The van der Waals surface area contributed by atoms with Crippen LogP contribution in [0.15, 0.2) is 27.9 Å². The van der Waals surface area contributed by atoms with Crippen molar-refractivity contribution in [3.05, 3.63) is 35.7 Å². The van der Waals surface area contributed by atoms with E-state index in [2.05, 4.69) is 20.1 Å². The largest absolute Gasteiger partial charge is 0.593 e. The Kier molecular flexibility index (Phi) is 4.91. The second kappa shape index (κ2) is 7.50. The summed E-state index contributed by atoms with van der Waals surface area (Å²) < 4.78 is 33.0. The van der Waals surface area contributed by atoms with Gasteiger partial charge in [-0.1, -0.05) is 9.37 Å². The van der Waals surface area contributed by atoms with Crippen molar-refractivity contribution in [1.29, 1.82) is 0 Å². The number of aryl methyl sites for hydroxylation is 2. The lowest BCUT2D eigenvalue weighted by Gasteiger charge is -2.30. The first-order valence-corrected chi connectivity index (χ1v) is 11.8. The minimum Gasteiger partial charge on any atom is -0.593 e. The highest BCUT2D eigenvalue weighted by Gasteiger charge is 2.48. The SMILES string of the molecule is Cc1noc(C)c1[S+](=O)([O-])N1CCCC1C(=O)N1CCC(c2nc3ccncc3[nH]2)C1. The molecule has 1 amide bonds. The van der Waals surface area contributed by atoms with Gasteiger partial charge in [0.1, 0.15) is 17.6 Å². The van der Waals surface area contributed by atoms with Crippen LogP contribution in [0.2, 0.25) is 0 Å². The van der Waals surface area contributed by atoms with Crippen LogP contribution in [0.4, 0.5) is 0 Å². The standard InChI is InChI=1S/C20H24N6O4S/c1-12-18(13(2)30-24-12)31(28,29)26-8-3-4-17(26)20(27)25-9-6-14(11-25)19-22-15-5-7-21-10-16(15)23-19/h5,7,10,14,17H,3-4,6,8-9,11H2,1-2H3,(H-,21,22,23,28,29). The third-order valence-electron chi connectivity index (χ3n) is 6.21. The molecule has 2 aliphatic heterocycles. The molecular formula is C20H24N6O4S. The molecule has 0 aliphatic carbocycles. The van der Waals surface area contributed by atoms with E-state index in [0.29, 0.717) is 38.2 Å². The van der Waals surface area contributed by atoms with Crippen LogP contribution >= 0.6 is 0 Å². The molecule has 3 atom stereocenters. The third-order valence-corrected chi connectivity index (χ3v) is 8.36.